The van der Waals surface area contributed by atoms with Crippen LogP contribution in [0.1, 0.15) is 37.0 Å². The number of sulfonamides is 1. The fourth-order valence-corrected chi connectivity index (χ4v) is 3.20. The molecule has 0 bridgehead atoms. The Labute approximate surface area is 152 Å². The second-order valence-electron chi connectivity index (χ2n) is 5.93. The van der Waals surface area contributed by atoms with Crippen molar-refractivity contribution in [3.63, 3.8) is 0 Å². The Balaban J connectivity index is 2.88. The van der Waals surface area contributed by atoms with E-state index in [1.54, 1.807) is 11.8 Å². The van der Waals surface area contributed by atoms with Crippen molar-refractivity contribution in [2.45, 2.75) is 32.0 Å². The quantitative estimate of drug-likeness (QED) is 0.755. The van der Waals surface area contributed by atoms with E-state index in [1.807, 2.05) is 0 Å². The molecule has 1 heterocycles. The number of aromatic amines is 1. The molecule has 0 amide bonds. The number of hydrogen-bond acceptors (Lipinski definition) is 5. The van der Waals surface area contributed by atoms with E-state index in [0.717, 1.165) is 12.3 Å². The summed E-state index contributed by atoms with van der Waals surface area (Å²) in [6, 6.07) is 1.63. The fraction of sp³-hybridized carbons (Fsp3) is 0.467. The number of benzene rings is 1. The number of alkyl halides is 3. The van der Waals surface area contributed by atoms with Gasteiger partial charge in [-0.25, -0.2) is 18.0 Å². The highest BCUT2D eigenvalue weighted by molar-refractivity contribution is 7.91. The third-order valence-electron chi connectivity index (χ3n) is 3.81. The molecular weight excluding hydrogens is 391 g/mol. The van der Waals surface area contributed by atoms with Crippen molar-refractivity contribution >= 4 is 20.9 Å². The summed E-state index contributed by atoms with van der Waals surface area (Å²) < 4.78 is 68.5. The lowest BCUT2D eigenvalue weighted by molar-refractivity contribution is -0.139. The van der Waals surface area contributed by atoms with Gasteiger partial charge in [-0.15, -0.1) is 0 Å². The zero-order chi connectivity index (χ0) is 20.6. The SMILES string of the molecule is CCCC(OC)c1cc2c(=O)n(NS(C)(=O)=O)c(=O)[nH]c2cc1C(F)(F)F. The molecule has 0 aliphatic heterocycles. The number of fused-ring (bicyclic) bond motifs is 1. The van der Waals surface area contributed by atoms with Gasteiger partial charge in [-0.2, -0.15) is 17.8 Å². The van der Waals surface area contributed by atoms with Gasteiger partial charge < -0.3 is 9.72 Å². The highest BCUT2D eigenvalue weighted by Gasteiger charge is 2.36. The van der Waals surface area contributed by atoms with Crippen molar-refractivity contribution in [2.24, 2.45) is 0 Å². The fourth-order valence-electron chi connectivity index (χ4n) is 2.70. The third-order valence-corrected chi connectivity index (χ3v) is 4.33. The van der Waals surface area contributed by atoms with Crippen LogP contribution in [0.4, 0.5) is 13.2 Å². The minimum Gasteiger partial charge on any atom is -0.377 e. The highest BCUT2D eigenvalue weighted by atomic mass is 32.2. The summed E-state index contributed by atoms with van der Waals surface area (Å²) in [6.07, 6.45) is -4.16. The van der Waals surface area contributed by atoms with Gasteiger partial charge in [-0.1, -0.05) is 13.3 Å². The highest BCUT2D eigenvalue weighted by Crippen LogP contribution is 2.38. The van der Waals surface area contributed by atoms with Crippen LogP contribution in [0.15, 0.2) is 21.7 Å². The van der Waals surface area contributed by atoms with Crippen LogP contribution in [0.2, 0.25) is 0 Å². The van der Waals surface area contributed by atoms with E-state index in [2.05, 4.69) is 4.98 Å². The number of halogens is 3. The van der Waals surface area contributed by atoms with Gasteiger partial charge in [-0.05, 0) is 24.1 Å². The molecule has 0 aliphatic carbocycles. The third kappa shape index (κ3) is 4.50. The van der Waals surface area contributed by atoms with Gasteiger partial charge in [-0.3, -0.25) is 4.79 Å². The van der Waals surface area contributed by atoms with E-state index in [0.29, 0.717) is 12.5 Å². The molecule has 8 nitrogen and oxygen atoms in total. The smallest absolute Gasteiger partial charge is 0.377 e. The molecule has 0 radical (unpaired) electrons. The number of hydrogen-bond donors (Lipinski definition) is 2. The summed E-state index contributed by atoms with van der Waals surface area (Å²) in [5.74, 6) is 0. The van der Waals surface area contributed by atoms with Crippen LogP contribution in [0.5, 0.6) is 0 Å². The molecule has 2 aromatic rings. The van der Waals surface area contributed by atoms with E-state index in [9.17, 15) is 31.2 Å². The van der Waals surface area contributed by atoms with Crippen LogP contribution >= 0.6 is 0 Å². The van der Waals surface area contributed by atoms with Crippen LogP contribution in [0.3, 0.4) is 0 Å². The summed E-state index contributed by atoms with van der Waals surface area (Å²) in [5, 5.41) is -0.285. The Morgan fingerprint density at radius 3 is 2.41 bits per heavy atom. The normalized spacial score (nSPS) is 13.7. The minimum atomic E-state index is -4.75. The van der Waals surface area contributed by atoms with Gasteiger partial charge in [0.1, 0.15) is 0 Å². The number of nitrogens with zero attached hydrogens (tertiary/aromatic N) is 1. The van der Waals surface area contributed by atoms with E-state index in [-0.39, 0.29) is 27.6 Å². The number of nitrogens with one attached hydrogen (secondary N) is 2. The minimum absolute atomic E-state index is 0.191. The Kier molecular flexibility index (Phi) is 5.71. The topological polar surface area (TPSA) is 110 Å². The van der Waals surface area contributed by atoms with E-state index in [4.69, 9.17) is 4.74 Å². The van der Waals surface area contributed by atoms with Crippen LogP contribution in [0.25, 0.3) is 10.9 Å². The van der Waals surface area contributed by atoms with Crippen molar-refractivity contribution in [3.8, 4) is 0 Å². The van der Waals surface area contributed by atoms with Gasteiger partial charge in [0.2, 0.25) is 10.0 Å². The number of methoxy groups -OCH3 is 1. The van der Waals surface area contributed by atoms with Crippen molar-refractivity contribution in [3.05, 3.63) is 44.1 Å². The van der Waals surface area contributed by atoms with Crippen LogP contribution < -0.4 is 16.1 Å². The molecule has 0 fully saturated rings. The average molecular weight is 409 g/mol. The zero-order valence-corrected chi connectivity index (χ0v) is 15.5. The summed E-state index contributed by atoms with van der Waals surface area (Å²) in [5.41, 5.74) is -3.98. The van der Waals surface area contributed by atoms with Gasteiger partial charge in [0.05, 0.1) is 28.8 Å². The van der Waals surface area contributed by atoms with E-state index >= 15 is 0 Å². The summed E-state index contributed by atoms with van der Waals surface area (Å²) in [6.45, 7) is 1.76. The molecule has 1 aromatic heterocycles. The van der Waals surface area contributed by atoms with Gasteiger partial charge in [0, 0.05) is 7.11 Å². The molecule has 0 saturated carbocycles. The number of aromatic nitrogens is 2. The largest absolute Gasteiger partial charge is 0.416 e. The maximum Gasteiger partial charge on any atom is 0.416 e. The van der Waals surface area contributed by atoms with Gasteiger partial charge in [0.25, 0.3) is 5.56 Å². The van der Waals surface area contributed by atoms with E-state index < -0.39 is 39.1 Å². The van der Waals surface area contributed by atoms with E-state index in [1.165, 1.54) is 7.11 Å². The van der Waals surface area contributed by atoms with Crippen molar-refractivity contribution < 1.29 is 26.3 Å². The molecule has 12 heteroatoms. The second-order valence-corrected chi connectivity index (χ2v) is 7.66. The lowest BCUT2D eigenvalue weighted by atomic mass is 9.96. The molecule has 27 heavy (non-hydrogen) atoms. The van der Waals surface area contributed by atoms with Crippen LogP contribution in [-0.2, 0) is 20.9 Å². The van der Waals surface area contributed by atoms with Crippen molar-refractivity contribution in [1.29, 1.82) is 0 Å². The molecule has 0 spiro atoms. The van der Waals surface area contributed by atoms with Crippen LogP contribution in [-0.4, -0.2) is 31.4 Å². The lowest BCUT2D eigenvalue weighted by Crippen LogP contribution is -2.43. The zero-order valence-electron chi connectivity index (χ0n) is 14.7. The first-order valence-corrected chi connectivity index (χ1v) is 9.69. The standard InChI is InChI=1S/C15H18F3N3O5S/c1-4-5-12(26-2)8-6-9-11(7-10(8)15(16,17)18)19-14(23)21(13(9)22)20-27(3,24)25/h6-7,12,20H,4-5H2,1-3H3,(H,19,23). The molecular formula is C15H18F3N3O5S. The summed E-state index contributed by atoms with van der Waals surface area (Å²) in [4.78, 5) is 28.3. The Bertz CT molecular complexity index is 1070. The molecule has 2 N–H and O–H groups in total. The maximum absolute atomic E-state index is 13.5. The number of ether oxygens (including phenoxy) is 1. The Hall–Kier alpha value is -2.34. The molecule has 1 aromatic carbocycles. The molecule has 1 unspecified atom stereocenters. The first kappa shape index (κ1) is 21.0. The predicted octanol–water partition coefficient (Wildman–Crippen LogP) is 1.70. The first-order valence-electron chi connectivity index (χ1n) is 7.79. The van der Waals surface area contributed by atoms with Crippen molar-refractivity contribution in [2.75, 3.05) is 18.2 Å². The predicted molar refractivity (Wildman–Crippen MR) is 92.7 cm³/mol. The molecule has 1 atom stereocenters. The monoisotopic (exact) mass is 409 g/mol. The molecule has 150 valence electrons. The number of H-pyrrole nitrogens is 1. The maximum atomic E-state index is 13.5. The summed E-state index contributed by atoms with van der Waals surface area (Å²) in [7, 11) is -2.72. The number of rotatable bonds is 6. The molecule has 0 aliphatic rings. The van der Waals surface area contributed by atoms with Gasteiger partial charge >= 0.3 is 11.9 Å². The first-order chi connectivity index (χ1) is 12.4. The Morgan fingerprint density at radius 1 is 1.30 bits per heavy atom. The molecule has 0 saturated heterocycles. The van der Waals surface area contributed by atoms with Gasteiger partial charge in [0.15, 0.2) is 0 Å². The lowest BCUT2D eigenvalue weighted by Gasteiger charge is -2.21. The van der Waals surface area contributed by atoms with Crippen LogP contribution in [0, 0.1) is 0 Å². The Morgan fingerprint density at radius 2 is 1.93 bits per heavy atom. The average Bonchev–Trinajstić information content (AvgIpc) is 2.54. The molecule has 2 rings (SSSR count). The second kappa shape index (κ2) is 7.35. The summed E-state index contributed by atoms with van der Waals surface area (Å²) >= 11 is 0. The van der Waals surface area contributed by atoms with Crippen molar-refractivity contribution in [1.82, 2.24) is 9.66 Å².